The van der Waals surface area contributed by atoms with E-state index in [0.717, 1.165) is 5.56 Å². The average Bonchev–Trinajstić information content (AvgIpc) is 2.85. The Morgan fingerprint density at radius 2 is 2.35 bits per heavy atom. The monoisotopic (exact) mass is 234 g/mol. The number of amides is 1. The minimum Gasteiger partial charge on any atom is -0.464 e. The first kappa shape index (κ1) is 11.4. The maximum Gasteiger partial charge on any atom is 0.268 e. The zero-order valence-electron chi connectivity index (χ0n) is 9.73. The highest BCUT2D eigenvalue weighted by atomic mass is 16.3. The SMILES string of the molecule is Cc1cnn(Cc2cc(C(=O)NN)c(C)o2)c1. The Morgan fingerprint density at radius 1 is 1.59 bits per heavy atom. The van der Waals surface area contributed by atoms with E-state index in [2.05, 4.69) is 10.5 Å². The van der Waals surface area contributed by atoms with Crippen LogP contribution in [0.2, 0.25) is 0 Å². The average molecular weight is 234 g/mol. The standard InChI is InChI=1S/C11H14N4O2/c1-7-4-13-15(5-7)6-9-3-10(8(2)17-9)11(16)14-12/h3-5H,6,12H2,1-2H3,(H,14,16). The Bertz CT molecular complexity index is 541. The molecule has 0 aliphatic rings. The second-order valence-corrected chi connectivity index (χ2v) is 3.87. The van der Waals surface area contributed by atoms with Gasteiger partial charge in [0, 0.05) is 6.20 Å². The van der Waals surface area contributed by atoms with Crippen molar-refractivity contribution in [1.29, 1.82) is 0 Å². The van der Waals surface area contributed by atoms with E-state index in [1.54, 1.807) is 23.9 Å². The third-order valence-corrected chi connectivity index (χ3v) is 2.42. The molecule has 0 saturated heterocycles. The van der Waals surface area contributed by atoms with Gasteiger partial charge in [0.2, 0.25) is 0 Å². The number of nitrogen functional groups attached to an aromatic ring is 1. The van der Waals surface area contributed by atoms with Crippen molar-refractivity contribution in [2.75, 3.05) is 0 Å². The predicted octanol–water partition coefficient (Wildman–Crippen LogP) is 0.745. The van der Waals surface area contributed by atoms with Gasteiger partial charge in [-0.25, -0.2) is 5.84 Å². The summed E-state index contributed by atoms with van der Waals surface area (Å²) in [5.74, 6) is 5.95. The molecular formula is C11H14N4O2. The van der Waals surface area contributed by atoms with E-state index in [1.165, 1.54) is 0 Å². The van der Waals surface area contributed by atoms with E-state index in [4.69, 9.17) is 10.3 Å². The van der Waals surface area contributed by atoms with Gasteiger partial charge < -0.3 is 4.42 Å². The van der Waals surface area contributed by atoms with Crippen LogP contribution in [0, 0.1) is 13.8 Å². The molecule has 0 aliphatic carbocycles. The lowest BCUT2D eigenvalue weighted by atomic mass is 10.2. The van der Waals surface area contributed by atoms with Gasteiger partial charge in [-0.1, -0.05) is 0 Å². The summed E-state index contributed by atoms with van der Waals surface area (Å²) < 4.78 is 7.22. The molecule has 3 N–H and O–H groups in total. The molecule has 17 heavy (non-hydrogen) atoms. The number of carbonyl (C=O) groups is 1. The summed E-state index contributed by atoms with van der Waals surface area (Å²) in [5, 5.41) is 4.15. The molecule has 6 heteroatoms. The van der Waals surface area contributed by atoms with Crippen LogP contribution in [0.3, 0.4) is 0 Å². The molecule has 2 aromatic heterocycles. The van der Waals surface area contributed by atoms with E-state index in [0.29, 0.717) is 23.6 Å². The Balaban J connectivity index is 2.20. The van der Waals surface area contributed by atoms with Gasteiger partial charge in [-0.3, -0.25) is 14.9 Å². The van der Waals surface area contributed by atoms with Crippen molar-refractivity contribution in [3.8, 4) is 0 Å². The van der Waals surface area contributed by atoms with Crippen LogP contribution in [-0.4, -0.2) is 15.7 Å². The van der Waals surface area contributed by atoms with E-state index >= 15 is 0 Å². The Labute approximate surface area is 98.4 Å². The second-order valence-electron chi connectivity index (χ2n) is 3.87. The molecule has 0 fully saturated rings. The van der Waals surface area contributed by atoms with Crippen molar-refractivity contribution in [1.82, 2.24) is 15.2 Å². The van der Waals surface area contributed by atoms with Gasteiger partial charge >= 0.3 is 0 Å². The highest BCUT2D eigenvalue weighted by Gasteiger charge is 2.14. The van der Waals surface area contributed by atoms with E-state index in [1.807, 2.05) is 13.1 Å². The number of carbonyl (C=O) groups excluding carboxylic acids is 1. The number of hydrogen-bond acceptors (Lipinski definition) is 4. The van der Waals surface area contributed by atoms with Crippen LogP contribution < -0.4 is 11.3 Å². The number of hydrazine groups is 1. The van der Waals surface area contributed by atoms with Crippen LogP contribution in [0.15, 0.2) is 22.9 Å². The molecular weight excluding hydrogens is 220 g/mol. The van der Waals surface area contributed by atoms with Gasteiger partial charge in [0.1, 0.15) is 11.5 Å². The second kappa shape index (κ2) is 4.42. The fraction of sp³-hybridized carbons (Fsp3) is 0.273. The first-order valence-electron chi connectivity index (χ1n) is 5.19. The number of nitrogens with zero attached hydrogens (tertiary/aromatic N) is 2. The lowest BCUT2D eigenvalue weighted by Gasteiger charge is -1.96. The van der Waals surface area contributed by atoms with Crippen molar-refractivity contribution >= 4 is 5.91 Å². The molecule has 0 saturated carbocycles. The van der Waals surface area contributed by atoms with Crippen molar-refractivity contribution in [3.63, 3.8) is 0 Å². The summed E-state index contributed by atoms with van der Waals surface area (Å²) in [4.78, 5) is 11.4. The first-order valence-corrected chi connectivity index (χ1v) is 5.19. The van der Waals surface area contributed by atoms with Crippen LogP contribution in [0.1, 0.15) is 27.4 Å². The fourth-order valence-corrected chi connectivity index (χ4v) is 1.64. The van der Waals surface area contributed by atoms with Gasteiger partial charge in [0.15, 0.2) is 0 Å². The number of nitrogens with two attached hydrogens (primary N) is 1. The predicted molar refractivity (Wildman–Crippen MR) is 61.2 cm³/mol. The highest BCUT2D eigenvalue weighted by molar-refractivity contribution is 5.94. The number of furan rings is 1. The van der Waals surface area contributed by atoms with Crippen LogP contribution in [0.25, 0.3) is 0 Å². The summed E-state index contributed by atoms with van der Waals surface area (Å²) in [7, 11) is 0. The van der Waals surface area contributed by atoms with Gasteiger partial charge in [-0.2, -0.15) is 5.10 Å². The third kappa shape index (κ3) is 2.36. The molecule has 6 nitrogen and oxygen atoms in total. The lowest BCUT2D eigenvalue weighted by molar-refractivity contribution is 0.0952. The lowest BCUT2D eigenvalue weighted by Crippen LogP contribution is -2.30. The number of hydrogen-bond donors (Lipinski definition) is 2. The minimum atomic E-state index is -0.353. The van der Waals surface area contributed by atoms with Crippen LogP contribution in [0.4, 0.5) is 0 Å². The summed E-state index contributed by atoms with van der Waals surface area (Å²) >= 11 is 0. The van der Waals surface area contributed by atoms with E-state index in [-0.39, 0.29) is 5.91 Å². The van der Waals surface area contributed by atoms with Crippen LogP contribution in [0.5, 0.6) is 0 Å². The zero-order valence-corrected chi connectivity index (χ0v) is 9.73. The van der Waals surface area contributed by atoms with E-state index in [9.17, 15) is 4.79 Å². The Morgan fingerprint density at radius 3 is 2.94 bits per heavy atom. The summed E-state index contributed by atoms with van der Waals surface area (Å²) in [6.45, 7) is 4.18. The maximum atomic E-state index is 11.4. The van der Waals surface area contributed by atoms with Crippen molar-refractivity contribution < 1.29 is 9.21 Å². The van der Waals surface area contributed by atoms with Crippen LogP contribution >= 0.6 is 0 Å². The van der Waals surface area contributed by atoms with E-state index < -0.39 is 0 Å². The maximum absolute atomic E-state index is 11.4. The smallest absolute Gasteiger partial charge is 0.268 e. The number of aryl methyl sites for hydroxylation is 2. The number of aromatic nitrogens is 2. The first-order chi connectivity index (χ1) is 8.10. The molecule has 0 aromatic carbocycles. The van der Waals surface area contributed by atoms with Gasteiger partial charge in [0.25, 0.3) is 5.91 Å². The molecule has 1 amide bonds. The summed E-state index contributed by atoms with van der Waals surface area (Å²) in [6, 6.07) is 1.68. The van der Waals surface area contributed by atoms with Gasteiger partial charge in [0.05, 0.1) is 18.3 Å². The highest BCUT2D eigenvalue weighted by Crippen LogP contribution is 2.15. The molecule has 0 spiro atoms. The molecule has 2 heterocycles. The number of rotatable bonds is 3. The minimum absolute atomic E-state index is 0.353. The van der Waals surface area contributed by atoms with Gasteiger partial charge in [-0.15, -0.1) is 0 Å². The molecule has 0 aliphatic heterocycles. The van der Waals surface area contributed by atoms with Gasteiger partial charge in [-0.05, 0) is 25.5 Å². The fourth-order valence-electron chi connectivity index (χ4n) is 1.64. The summed E-state index contributed by atoms with van der Waals surface area (Å²) in [5.41, 5.74) is 3.61. The molecule has 90 valence electrons. The van der Waals surface area contributed by atoms with Crippen molar-refractivity contribution in [2.24, 2.45) is 5.84 Å². The Hall–Kier alpha value is -2.08. The topological polar surface area (TPSA) is 86.1 Å². The normalized spacial score (nSPS) is 10.5. The third-order valence-electron chi connectivity index (χ3n) is 2.42. The summed E-state index contributed by atoms with van der Waals surface area (Å²) in [6.07, 6.45) is 3.67. The molecule has 0 bridgehead atoms. The van der Waals surface area contributed by atoms with Crippen LogP contribution in [-0.2, 0) is 6.54 Å². The molecule has 2 rings (SSSR count). The number of nitrogens with one attached hydrogen (secondary N) is 1. The van der Waals surface area contributed by atoms with Crippen molar-refractivity contribution in [2.45, 2.75) is 20.4 Å². The largest absolute Gasteiger partial charge is 0.464 e. The zero-order chi connectivity index (χ0) is 12.4. The molecule has 2 aromatic rings. The molecule has 0 atom stereocenters. The Kier molecular flexibility index (Phi) is 2.97. The molecule has 0 unspecified atom stereocenters. The quantitative estimate of drug-likeness (QED) is 0.466. The van der Waals surface area contributed by atoms with Crippen molar-refractivity contribution in [3.05, 3.63) is 41.1 Å². The molecule has 0 radical (unpaired) electrons.